The summed E-state index contributed by atoms with van der Waals surface area (Å²) in [5.41, 5.74) is 7.47. The molecule has 2 aromatic heterocycles. The van der Waals surface area contributed by atoms with E-state index in [2.05, 4.69) is 10.1 Å². The molecule has 90 valence electrons. The highest BCUT2D eigenvalue weighted by Gasteiger charge is 2.08. The predicted octanol–water partition coefficient (Wildman–Crippen LogP) is 1.99. The van der Waals surface area contributed by atoms with Crippen LogP contribution in [-0.2, 0) is 0 Å². The van der Waals surface area contributed by atoms with Gasteiger partial charge in [0.25, 0.3) is 0 Å². The first-order valence-corrected chi connectivity index (χ1v) is 5.53. The van der Waals surface area contributed by atoms with Gasteiger partial charge in [-0.1, -0.05) is 18.2 Å². The number of nitrogens with two attached hydrogens (primary N) is 1. The second-order valence-corrected chi connectivity index (χ2v) is 3.89. The molecule has 0 spiro atoms. The molecule has 2 heterocycles. The van der Waals surface area contributed by atoms with Crippen molar-refractivity contribution in [1.82, 2.24) is 14.6 Å². The molecule has 1 aromatic carbocycles. The molecule has 2 N–H and O–H groups in total. The lowest BCUT2D eigenvalue weighted by Gasteiger charge is -2.00. The van der Waals surface area contributed by atoms with Gasteiger partial charge in [0.2, 0.25) is 0 Å². The van der Waals surface area contributed by atoms with Crippen LogP contribution in [0.3, 0.4) is 0 Å². The predicted molar refractivity (Wildman–Crippen MR) is 69.4 cm³/mol. The minimum atomic E-state index is 0.564. The van der Waals surface area contributed by atoms with Crippen molar-refractivity contribution in [3.05, 3.63) is 42.5 Å². The number of fused-ring (bicyclic) bond motifs is 1. The summed E-state index contributed by atoms with van der Waals surface area (Å²) in [5, 5.41) is 4.38. The average Bonchev–Trinajstić information content (AvgIpc) is 2.84. The van der Waals surface area contributed by atoms with Crippen LogP contribution in [0.1, 0.15) is 0 Å². The van der Waals surface area contributed by atoms with Crippen LogP contribution in [0.25, 0.3) is 17.0 Å². The van der Waals surface area contributed by atoms with Gasteiger partial charge in [0.1, 0.15) is 11.6 Å². The molecular formula is C13H12N4O. The normalized spacial score (nSPS) is 10.7. The Labute approximate surface area is 104 Å². The number of hydrogen-bond donors (Lipinski definition) is 1. The molecular weight excluding hydrogens is 228 g/mol. The number of hydrogen-bond acceptors (Lipinski definition) is 4. The van der Waals surface area contributed by atoms with E-state index in [1.807, 2.05) is 36.4 Å². The van der Waals surface area contributed by atoms with Gasteiger partial charge in [-0.2, -0.15) is 4.52 Å². The number of aromatic nitrogens is 3. The van der Waals surface area contributed by atoms with Crippen molar-refractivity contribution in [3.63, 3.8) is 0 Å². The van der Waals surface area contributed by atoms with Crippen LogP contribution in [0.2, 0.25) is 0 Å². The number of anilines is 1. The van der Waals surface area contributed by atoms with Crippen molar-refractivity contribution in [2.24, 2.45) is 0 Å². The smallest absolute Gasteiger partial charge is 0.182 e. The maximum absolute atomic E-state index is 5.84. The quantitative estimate of drug-likeness (QED) is 0.744. The summed E-state index contributed by atoms with van der Waals surface area (Å²) in [4.78, 5) is 4.44. The first kappa shape index (κ1) is 10.6. The SMILES string of the molecule is COc1cccc(-c2nc3cccc(N)n3n2)c1. The Hall–Kier alpha value is -2.56. The van der Waals surface area contributed by atoms with Crippen molar-refractivity contribution < 1.29 is 4.74 Å². The second kappa shape index (κ2) is 4.03. The third-order valence-corrected chi connectivity index (χ3v) is 2.72. The summed E-state index contributed by atoms with van der Waals surface area (Å²) in [6.45, 7) is 0. The van der Waals surface area contributed by atoms with Crippen LogP contribution < -0.4 is 10.5 Å². The fourth-order valence-electron chi connectivity index (χ4n) is 1.81. The lowest BCUT2D eigenvalue weighted by molar-refractivity contribution is 0.415. The van der Waals surface area contributed by atoms with Crippen molar-refractivity contribution >= 4 is 11.5 Å². The minimum Gasteiger partial charge on any atom is -0.497 e. The molecule has 0 aliphatic carbocycles. The fraction of sp³-hybridized carbons (Fsp3) is 0.0769. The van der Waals surface area contributed by atoms with Crippen LogP contribution in [0.15, 0.2) is 42.5 Å². The molecule has 0 fully saturated rings. The zero-order valence-corrected chi connectivity index (χ0v) is 9.87. The van der Waals surface area contributed by atoms with Crippen LogP contribution in [0.5, 0.6) is 5.75 Å². The summed E-state index contributed by atoms with van der Waals surface area (Å²) in [6, 6.07) is 13.1. The first-order valence-electron chi connectivity index (χ1n) is 5.53. The summed E-state index contributed by atoms with van der Waals surface area (Å²) < 4.78 is 6.81. The Morgan fingerprint density at radius 1 is 1.17 bits per heavy atom. The molecule has 0 aliphatic heterocycles. The van der Waals surface area contributed by atoms with Gasteiger partial charge in [-0.15, -0.1) is 5.10 Å². The number of pyridine rings is 1. The van der Waals surface area contributed by atoms with E-state index in [-0.39, 0.29) is 0 Å². The third-order valence-electron chi connectivity index (χ3n) is 2.72. The number of ether oxygens (including phenoxy) is 1. The molecule has 0 amide bonds. The molecule has 0 atom stereocenters. The van der Waals surface area contributed by atoms with Crippen molar-refractivity contribution in [3.8, 4) is 17.1 Å². The van der Waals surface area contributed by atoms with E-state index in [1.54, 1.807) is 17.7 Å². The highest BCUT2D eigenvalue weighted by molar-refractivity contribution is 5.61. The number of rotatable bonds is 2. The standard InChI is InChI=1S/C13H12N4O/c1-18-10-5-2-4-9(8-10)13-15-12-7-3-6-11(14)17(12)16-13/h2-8H,14H2,1H3. The fourth-order valence-corrected chi connectivity index (χ4v) is 1.81. The second-order valence-electron chi connectivity index (χ2n) is 3.89. The van der Waals surface area contributed by atoms with Gasteiger partial charge >= 0.3 is 0 Å². The Morgan fingerprint density at radius 3 is 2.78 bits per heavy atom. The highest BCUT2D eigenvalue weighted by atomic mass is 16.5. The van der Waals surface area contributed by atoms with Gasteiger partial charge in [-0.25, -0.2) is 4.98 Å². The molecule has 3 rings (SSSR count). The Kier molecular flexibility index (Phi) is 2.37. The lowest BCUT2D eigenvalue weighted by Crippen LogP contribution is -1.97. The van der Waals surface area contributed by atoms with E-state index in [1.165, 1.54) is 0 Å². The van der Waals surface area contributed by atoms with Crippen molar-refractivity contribution in [2.45, 2.75) is 0 Å². The summed E-state index contributed by atoms with van der Waals surface area (Å²) in [7, 11) is 1.63. The Bertz CT molecular complexity index is 705. The summed E-state index contributed by atoms with van der Waals surface area (Å²) in [6.07, 6.45) is 0. The molecule has 0 radical (unpaired) electrons. The molecule has 5 heteroatoms. The third kappa shape index (κ3) is 1.66. The van der Waals surface area contributed by atoms with Crippen molar-refractivity contribution in [1.29, 1.82) is 0 Å². The minimum absolute atomic E-state index is 0.564. The van der Waals surface area contributed by atoms with Crippen LogP contribution in [-0.4, -0.2) is 21.7 Å². The van der Waals surface area contributed by atoms with E-state index in [4.69, 9.17) is 10.5 Å². The lowest BCUT2D eigenvalue weighted by atomic mass is 10.2. The largest absolute Gasteiger partial charge is 0.497 e. The molecule has 5 nitrogen and oxygen atoms in total. The zero-order chi connectivity index (χ0) is 12.5. The van der Waals surface area contributed by atoms with E-state index < -0.39 is 0 Å². The van der Waals surface area contributed by atoms with Gasteiger partial charge in [-0.05, 0) is 24.3 Å². The van der Waals surface area contributed by atoms with Gasteiger partial charge in [0.05, 0.1) is 7.11 Å². The number of nitrogens with zero attached hydrogens (tertiary/aromatic N) is 3. The van der Waals surface area contributed by atoms with Crippen molar-refractivity contribution in [2.75, 3.05) is 12.8 Å². The summed E-state index contributed by atoms with van der Waals surface area (Å²) >= 11 is 0. The maximum Gasteiger partial charge on any atom is 0.182 e. The van der Waals surface area contributed by atoms with E-state index in [0.29, 0.717) is 11.6 Å². The molecule has 0 unspecified atom stereocenters. The molecule has 0 bridgehead atoms. The maximum atomic E-state index is 5.84. The Morgan fingerprint density at radius 2 is 2.00 bits per heavy atom. The highest BCUT2D eigenvalue weighted by Crippen LogP contribution is 2.22. The Balaban J connectivity index is 2.16. The van der Waals surface area contributed by atoms with Crippen LogP contribution >= 0.6 is 0 Å². The van der Waals surface area contributed by atoms with Gasteiger partial charge in [0.15, 0.2) is 11.5 Å². The van der Waals surface area contributed by atoms with E-state index in [0.717, 1.165) is 17.0 Å². The monoisotopic (exact) mass is 240 g/mol. The molecule has 0 aliphatic rings. The summed E-state index contributed by atoms with van der Waals surface area (Å²) in [5.74, 6) is 1.97. The average molecular weight is 240 g/mol. The number of benzene rings is 1. The van der Waals surface area contributed by atoms with Gasteiger partial charge in [0, 0.05) is 5.56 Å². The van der Waals surface area contributed by atoms with E-state index in [9.17, 15) is 0 Å². The molecule has 18 heavy (non-hydrogen) atoms. The topological polar surface area (TPSA) is 65.4 Å². The van der Waals surface area contributed by atoms with E-state index >= 15 is 0 Å². The number of methoxy groups -OCH3 is 1. The molecule has 0 saturated carbocycles. The first-order chi connectivity index (χ1) is 8.78. The molecule has 3 aromatic rings. The van der Waals surface area contributed by atoms with Crippen LogP contribution in [0, 0.1) is 0 Å². The zero-order valence-electron chi connectivity index (χ0n) is 9.87. The van der Waals surface area contributed by atoms with Gasteiger partial charge in [-0.3, -0.25) is 0 Å². The van der Waals surface area contributed by atoms with Gasteiger partial charge < -0.3 is 10.5 Å². The number of nitrogen functional groups attached to an aromatic ring is 1. The van der Waals surface area contributed by atoms with Crippen LogP contribution in [0.4, 0.5) is 5.82 Å². The molecule has 0 saturated heterocycles.